The average molecular weight is 436 g/mol. The van der Waals surface area contributed by atoms with Crippen LogP contribution < -0.4 is 0 Å². The maximum absolute atomic E-state index is 13.2. The molecule has 1 aliphatic heterocycles. The predicted octanol–water partition coefficient (Wildman–Crippen LogP) is 3.02. The quantitative estimate of drug-likeness (QED) is 0.697. The van der Waals surface area contributed by atoms with E-state index >= 15 is 0 Å². The number of nitrogens with zero attached hydrogens (tertiary/aromatic N) is 3. The fourth-order valence-electron chi connectivity index (χ4n) is 4.11. The zero-order valence-corrected chi connectivity index (χ0v) is 18.0. The molecule has 1 saturated carbocycles. The fraction of sp³-hybridized carbons (Fsp3) is 0.524. The Kier molecular flexibility index (Phi) is 5.67. The Morgan fingerprint density at radius 3 is 2.33 bits per heavy atom. The summed E-state index contributed by atoms with van der Waals surface area (Å²) in [5, 5.41) is 3.75. The van der Waals surface area contributed by atoms with Crippen molar-refractivity contribution in [2.75, 3.05) is 13.1 Å². The van der Waals surface area contributed by atoms with Gasteiger partial charge in [-0.25, -0.2) is 12.8 Å². The van der Waals surface area contributed by atoms with Crippen LogP contribution in [0.2, 0.25) is 0 Å². The number of piperidine rings is 1. The molecule has 1 amide bonds. The minimum Gasteiger partial charge on any atom is -0.360 e. The molecule has 2 aliphatic rings. The Balaban J connectivity index is 1.42. The van der Waals surface area contributed by atoms with E-state index in [1.807, 2.05) is 4.90 Å². The van der Waals surface area contributed by atoms with Gasteiger partial charge in [-0.15, -0.1) is 0 Å². The largest absolute Gasteiger partial charge is 0.360 e. The number of halogens is 1. The second-order valence-corrected chi connectivity index (χ2v) is 10.0. The molecule has 0 N–H and O–H groups in total. The molecule has 0 unspecified atom stereocenters. The fourth-order valence-corrected chi connectivity index (χ4v) is 5.87. The van der Waals surface area contributed by atoms with E-state index in [0.29, 0.717) is 25.1 Å². The molecule has 1 saturated heterocycles. The first-order chi connectivity index (χ1) is 14.3. The van der Waals surface area contributed by atoms with Gasteiger partial charge in [0, 0.05) is 31.6 Å². The van der Waals surface area contributed by atoms with Gasteiger partial charge in [-0.05, 0) is 57.2 Å². The van der Waals surface area contributed by atoms with Crippen molar-refractivity contribution in [1.82, 2.24) is 14.4 Å². The normalized spacial score (nSPS) is 18.5. The summed E-state index contributed by atoms with van der Waals surface area (Å²) in [7, 11) is -3.69. The van der Waals surface area contributed by atoms with E-state index in [9.17, 15) is 17.6 Å². The van der Waals surface area contributed by atoms with Crippen molar-refractivity contribution in [2.45, 2.75) is 57.0 Å². The van der Waals surface area contributed by atoms with Crippen molar-refractivity contribution in [3.8, 4) is 0 Å². The molecule has 9 heteroatoms. The third kappa shape index (κ3) is 4.13. The highest BCUT2D eigenvalue weighted by Gasteiger charge is 2.39. The molecular weight excluding hydrogens is 409 g/mol. The number of hydrogen-bond donors (Lipinski definition) is 0. The van der Waals surface area contributed by atoms with Gasteiger partial charge in [0.05, 0.1) is 0 Å². The van der Waals surface area contributed by atoms with Crippen LogP contribution in [0.1, 0.15) is 42.7 Å². The van der Waals surface area contributed by atoms with Crippen LogP contribution in [-0.4, -0.2) is 47.8 Å². The molecule has 4 rings (SSSR count). The summed E-state index contributed by atoms with van der Waals surface area (Å²) < 4.78 is 45.6. The summed E-state index contributed by atoms with van der Waals surface area (Å²) in [5.41, 5.74) is 1.25. The van der Waals surface area contributed by atoms with Crippen molar-refractivity contribution in [3.63, 3.8) is 0 Å². The summed E-state index contributed by atoms with van der Waals surface area (Å²) >= 11 is 0. The molecule has 0 spiro atoms. The van der Waals surface area contributed by atoms with Gasteiger partial charge in [0.2, 0.25) is 15.9 Å². The van der Waals surface area contributed by atoms with Crippen LogP contribution in [0.25, 0.3) is 0 Å². The lowest BCUT2D eigenvalue weighted by Gasteiger charge is -2.34. The topological polar surface area (TPSA) is 83.7 Å². The highest BCUT2D eigenvalue weighted by Crippen LogP contribution is 2.33. The van der Waals surface area contributed by atoms with Crippen LogP contribution in [0.15, 0.2) is 33.7 Å². The van der Waals surface area contributed by atoms with E-state index in [4.69, 9.17) is 4.52 Å². The molecule has 2 heterocycles. The number of amides is 1. The highest BCUT2D eigenvalue weighted by atomic mass is 32.2. The first-order valence-electron chi connectivity index (χ1n) is 10.3. The summed E-state index contributed by atoms with van der Waals surface area (Å²) in [6.45, 7) is 4.24. The van der Waals surface area contributed by atoms with E-state index in [1.165, 1.54) is 16.4 Å². The number of carbonyl (C=O) groups excluding carboxylic acids is 1. The monoisotopic (exact) mass is 435 g/mol. The highest BCUT2D eigenvalue weighted by molar-refractivity contribution is 7.89. The van der Waals surface area contributed by atoms with Gasteiger partial charge < -0.3 is 9.42 Å². The predicted molar refractivity (Wildman–Crippen MR) is 107 cm³/mol. The van der Waals surface area contributed by atoms with Gasteiger partial charge in [-0.1, -0.05) is 17.3 Å². The van der Waals surface area contributed by atoms with E-state index in [1.54, 1.807) is 26.0 Å². The second kappa shape index (κ2) is 8.11. The van der Waals surface area contributed by atoms with Gasteiger partial charge >= 0.3 is 0 Å². The number of benzene rings is 1. The van der Waals surface area contributed by atoms with Crippen molar-refractivity contribution < 1.29 is 22.1 Å². The Labute approximate surface area is 175 Å². The zero-order chi connectivity index (χ0) is 21.5. The minimum absolute atomic E-state index is 0.0659. The molecule has 1 aliphatic carbocycles. The number of carbonyl (C=O) groups is 1. The number of hydrogen-bond acceptors (Lipinski definition) is 5. The lowest BCUT2D eigenvalue weighted by Crippen LogP contribution is -2.45. The first kappa shape index (κ1) is 21.0. The third-order valence-corrected chi connectivity index (χ3v) is 8.05. The smallest absolute Gasteiger partial charge is 0.248 e. The SMILES string of the molecule is Cc1noc(C)c1S(=O)(=O)N1CCC(C(=O)N(Cc2ccc(F)cc2)C2CC2)CC1. The summed E-state index contributed by atoms with van der Waals surface area (Å²) in [5.74, 6) is -0.154. The van der Waals surface area contributed by atoms with Crippen LogP contribution in [0, 0.1) is 25.6 Å². The molecule has 2 fully saturated rings. The van der Waals surface area contributed by atoms with Gasteiger partial charge in [-0.3, -0.25) is 4.79 Å². The van der Waals surface area contributed by atoms with Crippen LogP contribution in [0.4, 0.5) is 4.39 Å². The Morgan fingerprint density at radius 1 is 1.17 bits per heavy atom. The number of sulfonamides is 1. The molecule has 1 aromatic carbocycles. The summed E-state index contributed by atoms with van der Waals surface area (Å²) in [4.78, 5) is 15.2. The summed E-state index contributed by atoms with van der Waals surface area (Å²) in [6, 6.07) is 6.45. The van der Waals surface area contributed by atoms with E-state index < -0.39 is 10.0 Å². The van der Waals surface area contributed by atoms with E-state index in [0.717, 1.165) is 18.4 Å². The maximum atomic E-state index is 13.2. The van der Waals surface area contributed by atoms with Gasteiger partial charge in [0.15, 0.2) is 5.76 Å². The Bertz CT molecular complexity index is 1000. The number of rotatable bonds is 6. The molecule has 1 aromatic heterocycles. The molecule has 2 aromatic rings. The first-order valence-corrected chi connectivity index (χ1v) is 11.7. The van der Waals surface area contributed by atoms with E-state index in [-0.39, 0.29) is 47.4 Å². The van der Waals surface area contributed by atoms with Crippen LogP contribution in [0.5, 0.6) is 0 Å². The van der Waals surface area contributed by atoms with Crippen molar-refractivity contribution in [2.24, 2.45) is 5.92 Å². The molecule has 30 heavy (non-hydrogen) atoms. The Morgan fingerprint density at radius 2 is 1.80 bits per heavy atom. The molecule has 162 valence electrons. The third-order valence-electron chi connectivity index (χ3n) is 5.91. The van der Waals surface area contributed by atoms with Gasteiger partial charge in [0.1, 0.15) is 16.4 Å². The van der Waals surface area contributed by atoms with Crippen molar-refractivity contribution in [1.29, 1.82) is 0 Å². The van der Waals surface area contributed by atoms with Crippen LogP contribution in [0.3, 0.4) is 0 Å². The van der Waals surface area contributed by atoms with Crippen molar-refractivity contribution >= 4 is 15.9 Å². The van der Waals surface area contributed by atoms with E-state index in [2.05, 4.69) is 5.16 Å². The molecule has 7 nitrogen and oxygen atoms in total. The lowest BCUT2D eigenvalue weighted by molar-refractivity contribution is -0.138. The molecule has 0 atom stereocenters. The number of aryl methyl sites for hydroxylation is 2. The lowest BCUT2D eigenvalue weighted by atomic mass is 9.96. The average Bonchev–Trinajstić information content (AvgIpc) is 3.51. The zero-order valence-electron chi connectivity index (χ0n) is 17.2. The van der Waals surface area contributed by atoms with Crippen molar-refractivity contribution in [3.05, 3.63) is 47.1 Å². The van der Waals surface area contributed by atoms with Gasteiger partial charge in [-0.2, -0.15) is 4.31 Å². The minimum atomic E-state index is -3.69. The summed E-state index contributed by atoms with van der Waals surface area (Å²) in [6.07, 6.45) is 2.92. The van der Waals surface area contributed by atoms with Crippen LogP contribution >= 0.6 is 0 Å². The standard InChI is InChI=1S/C21H26FN3O4S/c1-14-20(15(2)29-23-14)30(27,28)24-11-9-17(10-12-24)21(26)25(19-7-8-19)13-16-3-5-18(22)6-4-16/h3-6,17,19H,7-13H2,1-2H3. The second-order valence-electron chi connectivity index (χ2n) is 8.16. The van der Waals surface area contributed by atoms with Gasteiger partial charge in [0.25, 0.3) is 0 Å². The number of aromatic nitrogens is 1. The van der Waals surface area contributed by atoms with Crippen LogP contribution in [-0.2, 0) is 21.4 Å². The molecular formula is C21H26FN3O4S. The molecule has 0 radical (unpaired) electrons. The maximum Gasteiger partial charge on any atom is 0.248 e. The Hall–Kier alpha value is -2.26. The molecule has 0 bridgehead atoms.